The van der Waals surface area contributed by atoms with Gasteiger partial charge in [0.1, 0.15) is 0 Å². The molecule has 0 bridgehead atoms. The molecule has 5 rings (SSSR count). The third-order valence-corrected chi connectivity index (χ3v) is 8.43. The summed E-state index contributed by atoms with van der Waals surface area (Å²) in [6, 6.07) is 10.5. The van der Waals surface area contributed by atoms with Crippen molar-refractivity contribution in [2.24, 2.45) is 5.92 Å². The maximum atomic E-state index is 13.4. The number of amides is 3. The Balaban J connectivity index is 1.36. The summed E-state index contributed by atoms with van der Waals surface area (Å²) in [7, 11) is 3.08. The van der Waals surface area contributed by atoms with Crippen LogP contribution in [0.15, 0.2) is 36.4 Å². The van der Waals surface area contributed by atoms with Gasteiger partial charge in [-0.3, -0.25) is 14.4 Å². The zero-order valence-electron chi connectivity index (χ0n) is 24.1. The van der Waals surface area contributed by atoms with Gasteiger partial charge in [-0.25, -0.2) is 0 Å². The van der Waals surface area contributed by atoms with E-state index >= 15 is 0 Å². The number of carbonyl (C=O) groups is 3. The third kappa shape index (κ3) is 6.59. The zero-order chi connectivity index (χ0) is 28.8. The first-order valence-electron chi connectivity index (χ1n) is 14.7. The van der Waals surface area contributed by atoms with E-state index in [2.05, 4.69) is 15.5 Å². The second-order valence-electron chi connectivity index (χ2n) is 10.9. The summed E-state index contributed by atoms with van der Waals surface area (Å²) in [5, 5.41) is 6.33. The molecule has 3 fully saturated rings. The van der Waals surface area contributed by atoms with Crippen molar-refractivity contribution in [1.82, 2.24) is 15.1 Å². The van der Waals surface area contributed by atoms with E-state index in [-0.39, 0.29) is 23.6 Å². The molecule has 3 aliphatic rings. The lowest BCUT2D eigenvalue weighted by Gasteiger charge is -2.39. The molecular formula is C31H41N5O5. The summed E-state index contributed by atoms with van der Waals surface area (Å²) in [6.07, 6.45) is 5.49. The Kier molecular flexibility index (Phi) is 9.28. The van der Waals surface area contributed by atoms with Crippen molar-refractivity contribution < 1.29 is 23.9 Å². The highest BCUT2D eigenvalue weighted by atomic mass is 16.5. The maximum Gasteiger partial charge on any atom is 0.255 e. The van der Waals surface area contributed by atoms with Crippen molar-refractivity contribution >= 4 is 29.1 Å². The highest BCUT2D eigenvalue weighted by molar-refractivity contribution is 6.07. The molecule has 2 aliphatic heterocycles. The van der Waals surface area contributed by atoms with E-state index in [1.807, 2.05) is 21.9 Å². The van der Waals surface area contributed by atoms with Crippen molar-refractivity contribution in [2.45, 2.75) is 32.1 Å². The van der Waals surface area contributed by atoms with Crippen LogP contribution in [-0.2, 0) is 4.79 Å². The normalized spacial score (nSPS) is 18.1. The monoisotopic (exact) mass is 563 g/mol. The zero-order valence-corrected chi connectivity index (χ0v) is 24.1. The van der Waals surface area contributed by atoms with Gasteiger partial charge in [-0.15, -0.1) is 0 Å². The van der Waals surface area contributed by atoms with Crippen LogP contribution in [0.3, 0.4) is 0 Å². The van der Waals surface area contributed by atoms with Crippen LogP contribution >= 0.6 is 0 Å². The highest BCUT2D eigenvalue weighted by Crippen LogP contribution is 2.32. The molecule has 0 spiro atoms. The van der Waals surface area contributed by atoms with E-state index in [4.69, 9.17) is 9.47 Å². The number of rotatable bonds is 7. The summed E-state index contributed by atoms with van der Waals surface area (Å²) in [5.74, 6) is 1.06. The number of hydrogen-bond donors (Lipinski definition) is 2. The molecule has 10 nitrogen and oxygen atoms in total. The fourth-order valence-corrected chi connectivity index (χ4v) is 6.04. The first kappa shape index (κ1) is 28.7. The van der Waals surface area contributed by atoms with Crippen LogP contribution in [-0.4, -0.2) is 94.1 Å². The van der Waals surface area contributed by atoms with Crippen LogP contribution in [0.2, 0.25) is 0 Å². The first-order valence-corrected chi connectivity index (χ1v) is 14.7. The van der Waals surface area contributed by atoms with Crippen molar-refractivity contribution in [3.63, 3.8) is 0 Å². The average molecular weight is 564 g/mol. The van der Waals surface area contributed by atoms with E-state index in [0.29, 0.717) is 67.6 Å². The predicted molar refractivity (Wildman–Crippen MR) is 158 cm³/mol. The highest BCUT2D eigenvalue weighted by Gasteiger charge is 2.30. The quantitative estimate of drug-likeness (QED) is 0.533. The molecule has 3 amide bonds. The Morgan fingerprint density at radius 1 is 0.780 bits per heavy atom. The Morgan fingerprint density at radius 3 is 2.15 bits per heavy atom. The molecule has 2 saturated heterocycles. The van der Waals surface area contributed by atoms with E-state index in [0.717, 1.165) is 44.5 Å². The Bertz CT molecular complexity index is 1250. The number of methoxy groups -OCH3 is 2. The lowest BCUT2D eigenvalue weighted by atomic mass is 9.88. The summed E-state index contributed by atoms with van der Waals surface area (Å²) in [5.41, 5.74) is 2.35. The minimum Gasteiger partial charge on any atom is -0.493 e. The third-order valence-electron chi connectivity index (χ3n) is 8.43. The molecule has 2 aromatic carbocycles. The Hall–Kier alpha value is -3.79. The van der Waals surface area contributed by atoms with Gasteiger partial charge >= 0.3 is 0 Å². The second-order valence-corrected chi connectivity index (χ2v) is 10.9. The molecule has 0 aromatic heterocycles. The van der Waals surface area contributed by atoms with Gasteiger partial charge in [0.25, 0.3) is 11.8 Å². The molecule has 0 radical (unpaired) electrons. The van der Waals surface area contributed by atoms with Crippen LogP contribution in [0, 0.1) is 5.92 Å². The van der Waals surface area contributed by atoms with Crippen LogP contribution in [0.4, 0.5) is 11.4 Å². The van der Waals surface area contributed by atoms with Gasteiger partial charge in [0.15, 0.2) is 11.5 Å². The van der Waals surface area contributed by atoms with Crippen molar-refractivity contribution in [3.05, 3.63) is 47.5 Å². The van der Waals surface area contributed by atoms with Gasteiger partial charge in [-0.05, 0) is 49.2 Å². The minimum atomic E-state index is -0.315. The summed E-state index contributed by atoms with van der Waals surface area (Å²) in [6.45, 7) is 5.40. The van der Waals surface area contributed by atoms with Gasteiger partial charge in [0, 0.05) is 69.4 Å². The molecule has 2 aromatic rings. The van der Waals surface area contributed by atoms with Gasteiger partial charge in [-0.2, -0.15) is 0 Å². The molecule has 41 heavy (non-hydrogen) atoms. The summed E-state index contributed by atoms with van der Waals surface area (Å²) < 4.78 is 10.7. The molecule has 1 saturated carbocycles. The van der Waals surface area contributed by atoms with Gasteiger partial charge < -0.3 is 34.8 Å². The van der Waals surface area contributed by atoms with E-state index in [1.54, 1.807) is 31.4 Å². The smallest absolute Gasteiger partial charge is 0.255 e. The van der Waals surface area contributed by atoms with Gasteiger partial charge in [0.2, 0.25) is 5.91 Å². The molecule has 2 heterocycles. The molecule has 2 N–H and O–H groups in total. The lowest BCUT2D eigenvalue weighted by molar-refractivity contribution is -0.136. The fraction of sp³-hybridized carbons (Fsp3) is 0.516. The molecule has 0 unspecified atom stereocenters. The van der Waals surface area contributed by atoms with Crippen LogP contribution < -0.4 is 25.0 Å². The van der Waals surface area contributed by atoms with Crippen molar-refractivity contribution in [1.29, 1.82) is 0 Å². The fourth-order valence-electron chi connectivity index (χ4n) is 6.04. The first-order chi connectivity index (χ1) is 20.0. The predicted octanol–water partition coefficient (Wildman–Crippen LogP) is 3.23. The number of anilines is 2. The minimum absolute atomic E-state index is 0.0532. The maximum absolute atomic E-state index is 13.4. The number of nitrogens with zero attached hydrogens (tertiary/aromatic N) is 3. The lowest BCUT2D eigenvalue weighted by Crippen LogP contribution is -2.50. The number of nitrogens with one attached hydrogen (secondary N) is 2. The number of ether oxygens (including phenoxy) is 2. The van der Waals surface area contributed by atoms with Crippen LogP contribution in [0.5, 0.6) is 11.5 Å². The van der Waals surface area contributed by atoms with Crippen LogP contribution in [0.1, 0.15) is 52.8 Å². The van der Waals surface area contributed by atoms with E-state index < -0.39 is 0 Å². The molecule has 10 heteroatoms. The molecule has 220 valence electrons. The van der Waals surface area contributed by atoms with Gasteiger partial charge in [-0.1, -0.05) is 19.3 Å². The molecule has 0 atom stereocenters. The van der Waals surface area contributed by atoms with E-state index in [1.165, 1.54) is 13.5 Å². The van der Waals surface area contributed by atoms with Crippen molar-refractivity contribution in [2.75, 3.05) is 76.8 Å². The molecule has 1 aliphatic carbocycles. The summed E-state index contributed by atoms with van der Waals surface area (Å²) in [4.78, 5) is 45.9. The largest absolute Gasteiger partial charge is 0.493 e. The van der Waals surface area contributed by atoms with E-state index in [9.17, 15) is 14.4 Å². The van der Waals surface area contributed by atoms with Gasteiger partial charge in [0.05, 0.1) is 25.6 Å². The number of hydrogen-bond acceptors (Lipinski definition) is 7. The number of carbonyl (C=O) groups excluding carboxylic acids is 3. The second kappa shape index (κ2) is 13.2. The molecular weight excluding hydrogens is 522 g/mol. The standard InChI is InChI=1S/C31H41N5O5/c1-40-27-11-9-23(21-28(27)41-2)29(37)33-25-20-24(31(39)35-14-12-32-13-15-35)8-10-26(25)34-16-18-36(19-17-34)30(38)22-6-4-3-5-7-22/h8-11,20-22,32H,3-7,12-19H2,1-2H3,(H,33,37). The Labute approximate surface area is 241 Å². The topological polar surface area (TPSA) is 103 Å². The Morgan fingerprint density at radius 2 is 1.46 bits per heavy atom. The number of benzene rings is 2. The summed E-state index contributed by atoms with van der Waals surface area (Å²) >= 11 is 0. The number of piperazine rings is 2. The van der Waals surface area contributed by atoms with Crippen molar-refractivity contribution in [3.8, 4) is 11.5 Å². The SMILES string of the molecule is COc1ccc(C(=O)Nc2cc(C(=O)N3CCNCC3)ccc2N2CCN(C(=O)C3CCCCC3)CC2)cc1OC. The van der Waals surface area contributed by atoms with Crippen LogP contribution in [0.25, 0.3) is 0 Å². The average Bonchev–Trinajstić information content (AvgIpc) is 3.04.